The molecule has 0 radical (unpaired) electrons. The Balaban J connectivity index is 2.38. The molecule has 0 aromatic heterocycles. The first-order chi connectivity index (χ1) is 19.4. The van der Waals surface area contributed by atoms with Gasteiger partial charge in [0.15, 0.2) is 17.3 Å². The summed E-state index contributed by atoms with van der Waals surface area (Å²) in [6, 6.07) is 6.81. The lowest BCUT2D eigenvalue weighted by atomic mass is 9.87. The Morgan fingerprint density at radius 3 is 2.10 bits per heavy atom. The van der Waals surface area contributed by atoms with E-state index >= 15 is 8.78 Å². The van der Waals surface area contributed by atoms with E-state index in [-0.39, 0.29) is 35.6 Å². The first-order valence-corrected chi connectivity index (χ1v) is 15.0. The lowest BCUT2D eigenvalue weighted by Crippen LogP contribution is -2.30. The Morgan fingerprint density at radius 2 is 1.55 bits per heavy atom. The van der Waals surface area contributed by atoms with Gasteiger partial charge in [0.2, 0.25) is 0 Å². The fraction of sp³-hybridized carbons (Fsp3) is 0.222. The summed E-state index contributed by atoms with van der Waals surface area (Å²) in [5.41, 5.74) is -1.52. The predicted molar refractivity (Wildman–Crippen MR) is 139 cm³/mol. The van der Waals surface area contributed by atoms with Crippen LogP contribution in [0.5, 0.6) is 11.5 Å². The van der Waals surface area contributed by atoms with Gasteiger partial charge >= 0.3 is 6.18 Å². The Kier molecular flexibility index (Phi) is 8.10. The molecule has 1 heterocycles. The van der Waals surface area contributed by atoms with Crippen LogP contribution >= 0.6 is 0 Å². The van der Waals surface area contributed by atoms with Crippen LogP contribution in [0, 0.1) is 11.6 Å². The fourth-order valence-corrected chi connectivity index (χ4v) is 6.55. The van der Waals surface area contributed by atoms with Crippen molar-refractivity contribution in [3.8, 4) is 11.5 Å². The molecule has 0 spiro atoms. The lowest BCUT2D eigenvalue weighted by Gasteiger charge is -2.26. The maximum atomic E-state index is 15.5. The second-order valence-electron chi connectivity index (χ2n) is 9.32. The zero-order valence-electron chi connectivity index (χ0n) is 21.7. The molecule has 0 amide bonds. The maximum absolute atomic E-state index is 15.5. The Labute approximate surface area is 236 Å². The number of hydrogen-bond donors (Lipinski definition) is 2. The molecule has 0 saturated heterocycles. The summed E-state index contributed by atoms with van der Waals surface area (Å²) in [6.07, 6.45) is -6.69. The van der Waals surface area contributed by atoms with Crippen molar-refractivity contribution >= 4 is 37.7 Å². The number of benzene rings is 3. The van der Waals surface area contributed by atoms with Crippen molar-refractivity contribution in [1.29, 1.82) is 0 Å². The van der Waals surface area contributed by atoms with E-state index in [0.717, 1.165) is 13.0 Å². The Hall–Kier alpha value is -3.66. The summed E-state index contributed by atoms with van der Waals surface area (Å²) in [5.74, 6) is -5.13. The third kappa shape index (κ3) is 5.82. The van der Waals surface area contributed by atoms with Gasteiger partial charge in [0.05, 0.1) is 6.42 Å². The topological polar surface area (TPSA) is 135 Å². The minimum Gasteiger partial charge on any atom is -0.453 e. The van der Waals surface area contributed by atoms with E-state index in [1.165, 1.54) is 24.3 Å². The Bertz CT molecular complexity index is 1980. The average Bonchev–Trinajstić information content (AvgIpc) is 2.85. The summed E-state index contributed by atoms with van der Waals surface area (Å²) in [4.78, 5) is 9.92. The van der Waals surface area contributed by atoms with Crippen molar-refractivity contribution < 1.29 is 57.4 Å². The molecule has 0 unspecified atom stereocenters. The third-order valence-electron chi connectivity index (χ3n) is 6.38. The number of fused-ring (bicyclic) bond motifs is 2. The number of carbonyl (C=O) groups excluding carboxylic acids is 1. The number of hydrogen-bond acceptors (Lipinski definition) is 6. The van der Waals surface area contributed by atoms with Crippen LogP contribution in [0.4, 0.5) is 22.0 Å². The number of rotatable bonds is 7. The van der Waals surface area contributed by atoms with Crippen LogP contribution in [0.25, 0.3) is 11.6 Å². The molecule has 224 valence electrons. The summed E-state index contributed by atoms with van der Waals surface area (Å²) < 4.78 is 146. The van der Waals surface area contributed by atoms with Crippen LogP contribution in [0.1, 0.15) is 53.7 Å². The van der Waals surface area contributed by atoms with Gasteiger partial charge in [-0.15, -0.1) is 0 Å². The van der Waals surface area contributed by atoms with Gasteiger partial charge in [-0.25, -0.2) is 8.78 Å². The van der Waals surface area contributed by atoms with Crippen molar-refractivity contribution in [2.75, 3.05) is 0 Å². The van der Waals surface area contributed by atoms with Crippen LogP contribution in [-0.2, 0) is 26.7 Å². The van der Waals surface area contributed by atoms with E-state index in [0.29, 0.717) is 6.07 Å². The van der Waals surface area contributed by atoms with Crippen LogP contribution < -0.4 is 15.2 Å². The van der Waals surface area contributed by atoms with E-state index in [4.69, 9.17) is 4.74 Å². The largest absolute Gasteiger partial charge is 0.453 e. The number of alkyl halides is 3. The summed E-state index contributed by atoms with van der Waals surface area (Å²) >= 11 is 0. The molecule has 0 bridgehead atoms. The van der Waals surface area contributed by atoms with Gasteiger partial charge in [-0.2, -0.15) is 30.0 Å². The highest BCUT2D eigenvalue weighted by Crippen LogP contribution is 2.45. The lowest BCUT2D eigenvalue weighted by molar-refractivity contribution is -0.122. The van der Waals surface area contributed by atoms with E-state index in [9.17, 15) is 43.9 Å². The normalized spacial score (nSPS) is 13.9. The van der Waals surface area contributed by atoms with Gasteiger partial charge in [-0.1, -0.05) is 43.7 Å². The van der Waals surface area contributed by atoms with Crippen LogP contribution in [-0.4, -0.2) is 37.9 Å². The number of Topliss-reactive ketones (excluding diaryl/α,β-unsaturated/α-hetero) is 1. The van der Waals surface area contributed by atoms with Crippen LogP contribution in [0.2, 0.25) is 0 Å². The van der Waals surface area contributed by atoms with Gasteiger partial charge in [0.1, 0.15) is 21.4 Å². The molecule has 15 heteroatoms. The quantitative estimate of drug-likeness (QED) is 0.170. The van der Waals surface area contributed by atoms with Gasteiger partial charge in [0.25, 0.3) is 20.2 Å². The van der Waals surface area contributed by atoms with E-state index < -0.39 is 93.1 Å². The van der Waals surface area contributed by atoms with Gasteiger partial charge in [0, 0.05) is 32.7 Å². The van der Waals surface area contributed by atoms with Crippen molar-refractivity contribution in [2.24, 2.45) is 0 Å². The first-order valence-electron chi connectivity index (χ1n) is 12.1. The number of halogens is 5. The second-order valence-corrected chi connectivity index (χ2v) is 12.0. The van der Waals surface area contributed by atoms with E-state index in [1.807, 2.05) is 0 Å². The molecule has 1 aliphatic heterocycles. The molecular weight excluding hydrogens is 611 g/mol. The zero-order valence-corrected chi connectivity index (χ0v) is 23.3. The minimum atomic E-state index is -5.61. The molecule has 2 N–H and O–H groups in total. The Morgan fingerprint density at radius 1 is 0.929 bits per heavy atom. The highest BCUT2D eigenvalue weighted by atomic mass is 32.2. The van der Waals surface area contributed by atoms with Crippen molar-refractivity contribution in [3.63, 3.8) is 0 Å². The predicted octanol–water partition coefficient (Wildman–Crippen LogP) is 4.70. The minimum absolute atomic E-state index is 0.0701. The molecular formula is C27H21F5O8S2. The molecule has 0 saturated carbocycles. The maximum Gasteiger partial charge on any atom is 0.392 e. The first kappa shape index (κ1) is 31.3. The monoisotopic (exact) mass is 632 g/mol. The highest BCUT2D eigenvalue weighted by Gasteiger charge is 2.36. The summed E-state index contributed by atoms with van der Waals surface area (Å²) in [6.45, 7) is 2.71. The molecule has 4 rings (SSSR count). The van der Waals surface area contributed by atoms with Gasteiger partial charge in [-0.05, 0) is 31.0 Å². The molecule has 3 aromatic rings. The third-order valence-corrected chi connectivity index (χ3v) is 8.25. The summed E-state index contributed by atoms with van der Waals surface area (Å²) in [5, 5.41) is -1.80. The van der Waals surface area contributed by atoms with Gasteiger partial charge in [-0.3, -0.25) is 13.9 Å². The fourth-order valence-electron chi connectivity index (χ4n) is 4.81. The smallest absolute Gasteiger partial charge is 0.392 e. The molecule has 3 aromatic carbocycles. The van der Waals surface area contributed by atoms with Crippen molar-refractivity contribution in [1.82, 2.24) is 0 Å². The molecule has 42 heavy (non-hydrogen) atoms. The summed E-state index contributed by atoms with van der Waals surface area (Å²) in [7, 11) is -10.9. The number of carbonyl (C=O) groups is 1. The molecule has 0 aliphatic carbocycles. The molecule has 8 nitrogen and oxygen atoms in total. The van der Waals surface area contributed by atoms with E-state index in [1.54, 1.807) is 6.92 Å². The van der Waals surface area contributed by atoms with Crippen LogP contribution in [0.15, 0.2) is 46.2 Å². The SMILES string of the molecule is CCCc1c(F)cc2c(c1S(=O)(=O)O)Oc1c(S(=O)(=O)O)/c(=C/CC(F)(F)F)c(F)cc1=C2c1ccccc1C(C)=O. The molecule has 1 aliphatic rings. The number of ketones is 1. The van der Waals surface area contributed by atoms with Crippen molar-refractivity contribution in [3.05, 3.63) is 80.7 Å². The molecule has 0 fully saturated rings. The molecule has 0 atom stereocenters. The van der Waals surface area contributed by atoms with E-state index in [2.05, 4.69) is 0 Å². The zero-order chi connectivity index (χ0) is 31.4. The second kappa shape index (κ2) is 10.9. The average molecular weight is 633 g/mol. The van der Waals surface area contributed by atoms with Crippen LogP contribution in [0.3, 0.4) is 0 Å². The standard InChI is InChI=1S/C27H21F5O8S2/c1-3-6-16-20(28)11-18-22(15-8-5-4-7-14(15)13(2)33)19-12-21(29)17(9-10-27(30,31)32)26(42(37,38)39)24(19)40-23(18)25(16)41(34,35)36/h4-5,7-9,11-12H,3,6,10H2,1-2H3,(H,34,35,36)(H,37,38,39)/b17-9+. The van der Waals surface area contributed by atoms with Crippen molar-refractivity contribution in [2.45, 2.75) is 49.1 Å². The highest BCUT2D eigenvalue weighted by molar-refractivity contribution is 7.86. The number of ether oxygens (including phenoxy) is 1. The van der Waals surface area contributed by atoms with Gasteiger partial charge < -0.3 is 4.74 Å².